The van der Waals surface area contributed by atoms with Gasteiger partial charge >= 0.3 is 5.97 Å². The number of hydrogen-bond acceptors (Lipinski definition) is 2. The number of hydrogen-bond donors (Lipinski definition) is 2. The van der Waals surface area contributed by atoms with Gasteiger partial charge in [-0.05, 0) is 31.0 Å². The van der Waals surface area contributed by atoms with Gasteiger partial charge < -0.3 is 14.8 Å². The van der Waals surface area contributed by atoms with E-state index in [0.29, 0.717) is 18.4 Å². The van der Waals surface area contributed by atoms with Gasteiger partial charge in [0, 0.05) is 17.9 Å². The molecule has 0 bridgehead atoms. The zero-order chi connectivity index (χ0) is 14.2. The van der Waals surface area contributed by atoms with Crippen molar-refractivity contribution in [2.24, 2.45) is 0 Å². The quantitative estimate of drug-likeness (QED) is 0.898. The van der Waals surface area contributed by atoms with E-state index in [1.165, 1.54) is 0 Å². The molecule has 0 aromatic carbocycles. The normalized spacial score (nSPS) is 17.2. The second kappa shape index (κ2) is 4.67. The van der Waals surface area contributed by atoms with Crippen molar-refractivity contribution in [2.75, 3.05) is 0 Å². The average Bonchev–Trinajstić information content (AvgIpc) is 3.05. The Kier molecular flexibility index (Phi) is 2.97. The number of nitrogens with one attached hydrogen (secondary N) is 1. The van der Waals surface area contributed by atoms with Gasteiger partial charge in [-0.3, -0.25) is 4.79 Å². The Balaban J connectivity index is 1.87. The van der Waals surface area contributed by atoms with Crippen LogP contribution in [0.5, 0.6) is 0 Å². The molecule has 0 saturated heterocycles. The third-order valence-corrected chi connectivity index (χ3v) is 3.99. The summed E-state index contributed by atoms with van der Waals surface area (Å²) in [4.78, 5) is 23.7. The van der Waals surface area contributed by atoms with Crippen LogP contribution in [0.2, 0.25) is 0 Å². The topological polar surface area (TPSA) is 70.8 Å². The lowest BCUT2D eigenvalue weighted by Gasteiger charge is -2.24. The zero-order valence-electron chi connectivity index (χ0n) is 11.0. The summed E-state index contributed by atoms with van der Waals surface area (Å²) in [5.41, 5.74) is 0.308. The van der Waals surface area contributed by atoms with Crippen LogP contribution in [0.3, 0.4) is 0 Å². The molecule has 5 nitrogen and oxygen atoms in total. The van der Waals surface area contributed by atoms with Crippen LogP contribution in [-0.4, -0.2) is 26.9 Å². The number of pyridine rings is 1. The second-order valence-corrected chi connectivity index (χ2v) is 5.31. The third kappa shape index (κ3) is 2.05. The highest BCUT2D eigenvalue weighted by Crippen LogP contribution is 2.30. The van der Waals surface area contributed by atoms with E-state index in [-0.39, 0.29) is 5.91 Å². The Bertz CT molecular complexity index is 636. The van der Waals surface area contributed by atoms with Gasteiger partial charge in [0.15, 0.2) is 0 Å². The first-order chi connectivity index (χ1) is 9.61. The number of fused-ring (bicyclic) bond motifs is 1. The lowest BCUT2D eigenvalue weighted by molar-refractivity contribution is -0.144. The van der Waals surface area contributed by atoms with Gasteiger partial charge in [0.2, 0.25) is 0 Å². The summed E-state index contributed by atoms with van der Waals surface area (Å²) in [7, 11) is 0. The molecule has 2 N–H and O–H groups in total. The molecule has 3 rings (SSSR count). The lowest BCUT2D eigenvalue weighted by atomic mass is 9.97. The van der Waals surface area contributed by atoms with Crippen LogP contribution in [-0.2, 0) is 4.79 Å². The third-order valence-electron chi connectivity index (χ3n) is 3.99. The van der Waals surface area contributed by atoms with E-state index in [1.807, 2.05) is 28.8 Å². The van der Waals surface area contributed by atoms with Gasteiger partial charge in [-0.2, -0.15) is 0 Å². The molecule has 1 amide bonds. The van der Waals surface area contributed by atoms with Crippen LogP contribution >= 0.6 is 0 Å². The Morgan fingerprint density at radius 3 is 2.65 bits per heavy atom. The highest BCUT2D eigenvalue weighted by Gasteiger charge is 2.42. The minimum atomic E-state index is -1.09. The Morgan fingerprint density at radius 2 is 2.00 bits per heavy atom. The molecule has 0 unspecified atom stereocenters. The number of aliphatic carboxylic acids is 1. The predicted molar refractivity (Wildman–Crippen MR) is 73.7 cm³/mol. The van der Waals surface area contributed by atoms with Crippen molar-refractivity contribution in [2.45, 2.75) is 31.2 Å². The SMILES string of the molecule is O=C(NC1(C(=O)O)CCCC1)c1cc2ccccn2c1. The maximum atomic E-state index is 12.3. The molecular weight excluding hydrogens is 256 g/mol. The summed E-state index contributed by atoms with van der Waals surface area (Å²) in [5, 5.41) is 12.1. The smallest absolute Gasteiger partial charge is 0.329 e. The summed E-state index contributed by atoms with van der Waals surface area (Å²) in [6.07, 6.45) is 6.25. The number of aromatic nitrogens is 1. The Hall–Kier alpha value is -2.30. The van der Waals surface area contributed by atoms with Gasteiger partial charge in [-0.15, -0.1) is 0 Å². The first-order valence-electron chi connectivity index (χ1n) is 6.73. The van der Waals surface area contributed by atoms with E-state index in [0.717, 1.165) is 18.4 Å². The van der Waals surface area contributed by atoms with E-state index in [2.05, 4.69) is 5.32 Å². The van der Waals surface area contributed by atoms with Crippen molar-refractivity contribution < 1.29 is 14.7 Å². The summed E-state index contributed by atoms with van der Waals surface area (Å²) < 4.78 is 1.84. The molecule has 0 atom stereocenters. The van der Waals surface area contributed by atoms with Crippen molar-refractivity contribution in [3.63, 3.8) is 0 Å². The molecule has 1 fully saturated rings. The second-order valence-electron chi connectivity index (χ2n) is 5.31. The molecule has 1 aliphatic rings. The van der Waals surface area contributed by atoms with Crippen molar-refractivity contribution in [3.8, 4) is 0 Å². The standard InChI is InChI=1S/C15H16N2O3/c18-13(16-15(14(19)20)6-2-3-7-15)11-9-12-5-1-4-8-17(12)10-11/h1,4-5,8-10H,2-3,6-7H2,(H,16,18)(H,19,20). The molecule has 1 saturated carbocycles. The number of nitrogens with zero attached hydrogens (tertiary/aromatic N) is 1. The summed E-state index contributed by atoms with van der Waals surface area (Å²) in [5.74, 6) is -1.26. The number of amides is 1. The minimum Gasteiger partial charge on any atom is -0.480 e. The number of carboxylic acids is 1. The van der Waals surface area contributed by atoms with Gasteiger partial charge in [0.05, 0.1) is 5.56 Å². The predicted octanol–water partition coefficient (Wildman–Crippen LogP) is 2.07. The first kappa shape index (κ1) is 12.7. The van der Waals surface area contributed by atoms with Gasteiger partial charge in [-0.1, -0.05) is 18.9 Å². The monoisotopic (exact) mass is 272 g/mol. The van der Waals surface area contributed by atoms with Crippen molar-refractivity contribution in [1.82, 2.24) is 9.72 Å². The molecule has 5 heteroatoms. The lowest BCUT2D eigenvalue weighted by Crippen LogP contribution is -2.52. The zero-order valence-corrected chi connectivity index (χ0v) is 11.0. The molecule has 2 aromatic rings. The molecule has 0 aliphatic heterocycles. The summed E-state index contributed by atoms with van der Waals surface area (Å²) >= 11 is 0. The van der Waals surface area contributed by atoms with Crippen LogP contribution < -0.4 is 5.32 Å². The molecule has 1 aliphatic carbocycles. The molecule has 20 heavy (non-hydrogen) atoms. The van der Waals surface area contributed by atoms with Crippen LogP contribution in [0, 0.1) is 0 Å². The maximum Gasteiger partial charge on any atom is 0.329 e. The fraction of sp³-hybridized carbons (Fsp3) is 0.333. The maximum absolute atomic E-state index is 12.3. The largest absolute Gasteiger partial charge is 0.480 e. The van der Waals surface area contributed by atoms with Crippen LogP contribution in [0.1, 0.15) is 36.0 Å². The molecule has 2 heterocycles. The molecular formula is C15H16N2O3. The van der Waals surface area contributed by atoms with Crippen LogP contribution in [0.4, 0.5) is 0 Å². The van der Waals surface area contributed by atoms with E-state index in [4.69, 9.17) is 0 Å². The van der Waals surface area contributed by atoms with Gasteiger partial charge in [0.1, 0.15) is 5.54 Å². The average molecular weight is 272 g/mol. The van der Waals surface area contributed by atoms with Crippen molar-refractivity contribution in [3.05, 3.63) is 42.2 Å². The van der Waals surface area contributed by atoms with Crippen LogP contribution in [0.25, 0.3) is 5.52 Å². The fourth-order valence-corrected chi connectivity index (χ4v) is 2.84. The fourth-order valence-electron chi connectivity index (χ4n) is 2.84. The van der Waals surface area contributed by atoms with E-state index >= 15 is 0 Å². The molecule has 0 spiro atoms. The van der Waals surface area contributed by atoms with E-state index < -0.39 is 11.5 Å². The van der Waals surface area contributed by atoms with Gasteiger partial charge in [-0.25, -0.2) is 4.79 Å². The number of carbonyl (C=O) groups is 2. The summed E-state index contributed by atoms with van der Waals surface area (Å²) in [6.45, 7) is 0. The van der Waals surface area contributed by atoms with Crippen molar-refractivity contribution >= 4 is 17.4 Å². The van der Waals surface area contributed by atoms with Crippen LogP contribution in [0.15, 0.2) is 36.7 Å². The molecule has 2 aromatic heterocycles. The number of carboxylic acid groups (broad SMARTS) is 1. The number of rotatable bonds is 3. The van der Waals surface area contributed by atoms with E-state index in [9.17, 15) is 14.7 Å². The number of carbonyl (C=O) groups excluding carboxylic acids is 1. The van der Waals surface area contributed by atoms with Gasteiger partial charge in [0.25, 0.3) is 5.91 Å². The minimum absolute atomic E-state index is 0.321. The molecule has 104 valence electrons. The molecule has 0 radical (unpaired) electrons. The summed E-state index contributed by atoms with van der Waals surface area (Å²) in [6, 6.07) is 7.44. The van der Waals surface area contributed by atoms with E-state index in [1.54, 1.807) is 12.3 Å². The Labute approximate surface area is 116 Å². The highest BCUT2D eigenvalue weighted by atomic mass is 16.4. The highest BCUT2D eigenvalue weighted by molar-refractivity contribution is 5.99. The Morgan fingerprint density at radius 1 is 1.25 bits per heavy atom. The first-order valence-corrected chi connectivity index (χ1v) is 6.73. The van der Waals surface area contributed by atoms with Crippen molar-refractivity contribution in [1.29, 1.82) is 0 Å².